The Kier molecular flexibility index (Phi) is 3.85. The number of nitrogens with one attached hydrogen (secondary N) is 1. The fourth-order valence-corrected chi connectivity index (χ4v) is 2.27. The van der Waals surface area contributed by atoms with Gasteiger partial charge >= 0.3 is 0 Å². The number of rotatable bonds is 4. The van der Waals surface area contributed by atoms with Crippen molar-refractivity contribution in [2.45, 2.75) is 6.92 Å². The number of amides is 1. The molecule has 0 saturated heterocycles. The molecule has 0 bridgehead atoms. The number of carbonyl (C=O) groups excluding carboxylic acids is 2. The SMILES string of the molecule is COc1ccc2oc(C(=O)Nc3cccc(C(C)=O)c3)cc2c1. The molecule has 1 heterocycles. The molecule has 0 fully saturated rings. The summed E-state index contributed by atoms with van der Waals surface area (Å²) in [7, 11) is 1.58. The van der Waals surface area contributed by atoms with Crippen LogP contribution in [0.25, 0.3) is 11.0 Å². The topological polar surface area (TPSA) is 68.5 Å². The van der Waals surface area contributed by atoms with Crippen LogP contribution in [-0.4, -0.2) is 18.8 Å². The number of methoxy groups -OCH3 is 1. The molecule has 0 spiro atoms. The van der Waals surface area contributed by atoms with Crippen molar-refractivity contribution in [3.8, 4) is 5.75 Å². The fraction of sp³-hybridized carbons (Fsp3) is 0.111. The van der Waals surface area contributed by atoms with Gasteiger partial charge in [0.25, 0.3) is 5.91 Å². The van der Waals surface area contributed by atoms with Crippen LogP contribution in [0.5, 0.6) is 5.75 Å². The smallest absolute Gasteiger partial charge is 0.291 e. The van der Waals surface area contributed by atoms with Crippen LogP contribution in [0.1, 0.15) is 27.8 Å². The van der Waals surface area contributed by atoms with Crippen LogP contribution in [-0.2, 0) is 0 Å². The lowest BCUT2D eigenvalue weighted by molar-refractivity contribution is 0.0993. The van der Waals surface area contributed by atoms with Crippen molar-refractivity contribution in [3.05, 3.63) is 59.9 Å². The van der Waals surface area contributed by atoms with Crippen molar-refractivity contribution in [2.24, 2.45) is 0 Å². The molecule has 5 nitrogen and oxygen atoms in total. The summed E-state index contributed by atoms with van der Waals surface area (Å²) in [5.41, 5.74) is 1.69. The molecule has 0 aliphatic rings. The highest BCUT2D eigenvalue weighted by Gasteiger charge is 2.13. The maximum Gasteiger partial charge on any atom is 0.291 e. The quantitative estimate of drug-likeness (QED) is 0.742. The average molecular weight is 309 g/mol. The van der Waals surface area contributed by atoms with Crippen molar-refractivity contribution in [1.29, 1.82) is 0 Å². The van der Waals surface area contributed by atoms with E-state index in [0.29, 0.717) is 22.6 Å². The maximum atomic E-state index is 12.3. The van der Waals surface area contributed by atoms with E-state index >= 15 is 0 Å². The minimum atomic E-state index is -0.374. The number of benzene rings is 2. The second kappa shape index (κ2) is 5.96. The Morgan fingerprint density at radius 2 is 1.91 bits per heavy atom. The standard InChI is InChI=1S/C18H15NO4/c1-11(20)12-4-3-5-14(8-12)19-18(21)17-10-13-9-15(22-2)6-7-16(13)23-17/h3-10H,1-2H3,(H,19,21). The molecule has 0 aliphatic heterocycles. The third kappa shape index (κ3) is 3.08. The van der Waals surface area contributed by atoms with E-state index in [-0.39, 0.29) is 17.5 Å². The first-order valence-corrected chi connectivity index (χ1v) is 7.07. The Bertz CT molecular complexity index is 895. The van der Waals surface area contributed by atoms with E-state index < -0.39 is 0 Å². The van der Waals surface area contributed by atoms with Crippen molar-refractivity contribution in [1.82, 2.24) is 0 Å². The number of fused-ring (bicyclic) bond motifs is 1. The first-order chi connectivity index (χ1) is 11.1. The third-order valence-corrected chi connectivity index (χ3v) is 3.47. The summed E-state index contributed by atoms with van der Waals surface area (Å²) < 4.78 is 10.7. The molecule has 3 aromatic rings. The lowest BCUT2D eigenvalue weighted by Gasteiger charge is -2.04. The van der Waals surface area contributed by atoms with E-state index in [1.807, 2.05) is 0 Å². The number of ketones is 1. The Morgan fingerprint density at radius 3 is 2.65 bits per heavy atom. The number of hydrogen-bond acceptors (Lipinski definition) is 4. The van der Waals surface area contributed by atoms with E-state index in [0.717, 1.165) is 5.39 Å². The molecule has 23 heavy (non-hydrogen) atoms. The van der Waals surface area contributed by atoms with E-state index in [2.05, 4.69) is 5.32 Å². The molecule has 1 amide bonds. The largest absolute Gasteiger partial charge is 0.497 e. The van der Waals surface area contributed by atoms with Gasteiger partial charge in [-0.25, -0.2) is 0 Å². The van der Waals surface area contributed by atoms with E-state index in [9.17, 15) is 9.59 Å². The second-order valence-corrected chi connectivity index (χ2v) is 5.11. The molecule has 1 aromatic heterocycles. The van der Waals surface area contributed by atoms with E-state index in [1.54, 1.807) is 55.6 Å². The highest BCUT2D eigenvalue weighted by Crippen LogP contribution is 2.24. The Labute approximate surface area is 132 Å². The minimum Gasteiger partial charge on any atom is -0.497 e. The Morgan fingerprint density at radius 1 is 1.09 bits per heavy atom. The van der Waals surface area contributed by atoms with E-state index in [4.69, 9.17) is 9.15 Å². The summed E-state index contributed by atoms with van der Waals surface area (Å²) in [6, 6.07) is 13.7. The van der Waals surface area contributed by atoms with Crippen molar-refractivity contribution in [2.75, 3.05) is 12.4 Å². The zero-order valence-corrected chi connectivity index (χ0v) is 12.8. The molecule has 116 valence electrons. The minimum absolute atomic E-state index is 0.0584. The molecule has 0 saturated carbocycles. The summed E-state index contributed by atoms with van der Waals surface area (Å²) in [5.74, 6) is 0.457. The summed E-state index contributed by atoms with van der Waals surface area (Å²) in [4.78, 5) is 23.7. The predicted octanol–water partition coefficient (Wildman–Crippen LogP) is 3.90. The molecular formula is C18H15NO4. The summed E-state index contributed by atoms with van der Waals surface area (Å²) in [5, 5.41) is 3.51. The second-order valence-electron chi connectivity index (χ2n) is 5.11. The van der Waals surface area contributed by atoms with Gasteiger partial charge in [-0.3, -0.25) is 9.59 Å². The van der Waals surface area contributed by atoms with Crippen molar-refractivity contribution < 1.29 is 18.7 Å². The van der Waals surface area contributed by atoms with E-state index in [1.165, 1.54) is 6.92 Å². The van der Waals surface area contributed by atoms with Gasteiger partial charge < -0.3 is 14.5 Å². The van der Waals surface area contributed by atoms with Crippen LogP contribution in [0.2, 0.25) is 0 Å². The summed E-state index contributed by atoms with van der Waals surface area (Å²) in [6.07, 6.45) is 0. The molecule has 1 N–H and O–H groups in total. The van der Waals surface area contributed by atoms with Gasteiger partial charge in [-0.15, -0.1) is 0 Å². The first-order valence-electron chi connectivity index (χ1n) is 7.07. The van der Waals surface area contributed by atoms with Crippen LogP contribution < -0.4 is 10.1 Å². The normalized spacial score (nSPS) is 10.5. The third-order valence-electron chi connectivity index (χ3n) is 3.47. The maximum absolute atomic E-state index is 12.3. The number of anilines is 1. The highest BCUT2D eigenvalue weighted by atomic mass is 16.5. The number of ether oxygens (including phenoxy) is 1. The molecule has 0 unspecified atom stereocenters. The van der Waals surface area contributed by atoms with Crippen LogP contribution in [0.3, 0.4) is 0 Å². The number of Topliss-reactive ketones (excluding diaryl/α,β-unsaturated/α-hetero) is 1. The zero-order chi connectivity index (χ0) is 16.4. The van der Waals surface area contributed by atoms with Gasteiger partial charge in [0.15, 0.2) is 11.5 Å². The molecular weight excluding hydrogens is 294 g/mol. The lowest BCUT2D eigenvalue weighted by atomic mass is 10.1. The first kappa shape index (κ1) is 14.8. The van der Waals surface area contributed by atoms with Crippen LogP contribution in [0.4, 0.5) is 5.69 Å². The Hall–Kier alpha value is -3.08. The van der Waals surface area contributed by atoms with Gasteiger partial charge in [-0.2, -0.15) is 0 Å². The Balaban J connectivity index is 1.85. The van der Waals surface area contributed by atoms with Gasteiger partial charge in [0, 0.05) is 16.6 Å². The van der Waals surface area contributed by atoms with Crippen LogP contribution in [0.15, 0.2) is 52.9 Å². The molecule has 0 atom stereocenters. The summed E-state index contributed by atoms with van der Waals surface area (Å²) >= 11 is 0. The van der Waals surface area contributed by atoms with Crippen LogP contribution >= 0.6 is 0 Å². The van der Waals surface area contributed by atoms with Gasteiger partial charge in [0.05, 0.1) is 7.11 Å². The molecule has 3 rings (SSSR count). The lowest BCUT2D eigenvalue weighted by Crippen LogP contribution is -2.11. The van der Waals surface area contributed by atoms with Crippen LogP contribution in [0, 0.1) is 0 Å². The zero-order valence-electron chi connectivity index (χ0n) is 12.8. The average Bonchev–Trinajstić information content (AvgIpc) is 2.98. The van der Waals surface area contributed by atoms with Crippen molar-refractivity contribution >= 4 is 28.3 Å². The van der Waals surface area contributed by atoms with Gasteiger partial charge in [-0.05, 0) is 43.3 Å². The number of hydrogen-bond donors (Lipinski definition) is 1. The highest BCUT2D eigenvalue weighted by molar-refractivity contribution is 6.05. The molecule has 0 aliphatic carbocycles. The molecule has 0 radical (unpaired) electrons. The predicted molar refractivity (Wildman–Crippen MR) is 87.2 cm³/mol. The monoisotopic (exact) mass is 309 g/mol. The van der Waals surface area contributed by atoms with Crippen molar-refractivity contribution in [3.63, 3.8) is 0 Å². The number of carbonyl (C=O) groups is 2. The summed E-state index contributed by atoms with van der Waals surface area (Å²) in [6.45, 7) is 1.48. The molecule has 5 heteroatoms. The van der Waals surface area contributed by atoms with Gasteiger partial charge in [-0.1, -0.05) is 12.1 Å². The molecule has 2 aromatic carbocycles. The number of furan rings is 1. The van der Waals surface area contributed by atoms with Gasteiger partial charge in [0.2, 0.25) is 0 Å². The van der Waals surface area contributed by atoms with Gasteiger partial charge in [0.1, 0.15) is 11.3 Å². The fourth-order valence-electron chi connectivity index (χ4n) is 2.27.